The lowest BCUT2D eigenvalue weighted by atomic mass is 9.84. The van der Waals surface area contributed by atoms with Gasteiger partial charge in [-0.15, -0.1) is 0 Å². The zero-order valence-electron chi connectivity index (χ0n) is 12.7. The summed E-state index contributed by atoms with van der Waals surface area (Å²) in [5, 5.41) is 15.0. The average Bonchev–Trinajstić information content (AvgIpc) is 2.65. The summed E-state index contributed by atoms with van der Waals surface area (Å²) < 4.78 is 0. The molecular weight excluding hydrogens is 256 g/mol. The minimum atomic E-state index is -0.759. The molecule has 5 heteroatoms. The number of carbonyl (C=O) groups excluding carboxylic acids is 1. The second-order valence-electron chi connectivity index (χ2n) is 6.46. The number of rotatable bonds is 7. The van der Waals surface area contributed by atoms with Crippen molar-refractivity contribution < 1.29 is 14.7 Å². The molecule has 1 rings (SSSR count). The van der Waals surface area contributed by atoms with Crippen molar-refractivity contribution >= 4 is 11.9 Å². The van der Waals surface area contributed by atoms with Gasteiger partial charge in [0, 0.05) is 13.0 Å². The Bertz CT molecular complexity index is 321. The minimum Gasteiger partial charge on any atom is -0.481 e. The van der Waals surface area contributed by atoms with E-state index in [2.05, 4.69) is 10.6 Å². The molecule has 0 spiro atoms. The van der Waals surface area contributed by atoms with Crippen molar-refractivity contribution in [1.82, 2.24) is 10.6 Å². The van der Waals surface area contributed by atoms with Gasteiger partial charge in [-0.05, 0) is 37.6 Å². The highest BCUT2D eigenvalue weighted by molar-refractivity contribution is 5.81. The molecule has 1 saturated heterocycles. The van der Waals surface area contributed by atoms with Gasteiger partial charge in [0.1, 0.15) is 0 Å². The van der Waals surface area contributed by atoms with Crippen LogP contribution in [0.1, 0.15) is 58.8 Å². The highest BCUT2D eigenvalue weighted by Gasteiger charge is 2.22. The lowest BCUT2D eigenvalue weighted by Crippen LogP contribution is -2.44. The van der Waals surface area contributed by atoms with Gasteiger partial charge in [-0.25, -0.2) is 0 Å². The Morgan fingerprint density at radius 2 is 2.00 bits per heavy atom. The van der Waals surface area contributed by atoms with Gasteiger partial charge in [0.15, 0.2) is 0 Å². The maximum atomic E-state index is 12.0. The first-order chi connectivity index (χ1) is 9.41. The largest absolute Gasteiger partial charge is 0.481 e. The van der Waals surface area contributed by atoms with Crippen LogP contribution in [-0.4, -0.2) is 36.1 Å². The van der Waals surface area contributed by atoms with Gasteiger partial charge >= 0.3 is 5.97 Å². The van der Waals surface area contributed by atoms with Crippen molar-refractivity contribution in [2.24, 2.45) is 5.41 Å². The van der Waals surface area contributed by atoms with Crippen molar-refractivity contribution in [3.63, 3.8) is 0 Å². The lowest BCUT2D eigenvalue weighted by molar-refractivity contribution is -0.137. The van der Waals surface area contributed by atoms with Crippen LogP contribution in [0, 0.1) is 5.41 Å². The molecule has 5 nitrogen and oxygen atoms in total. The predicted octanol–water partition coefficient (Wildman–Crippen LogP) is 1.92. The van der Waals surface area contributed by atoms with Crippen LogP contribution < -0.4 is 10.6 Å². The van der Waals surface area contributed by atoms with Gasteiger partial charge in [-0.1, -0.05) is 26.7 Å². The summed E-state index contributed by atoms with van der Waals surface area (Å²) >= 11 is 0. The molecule has 0 aliphatic carbocycles. The van der Waals surface area contributed by atoms with Crippen LogP contribution in [0.2, 0.25) is 0 Å². The molecular formula is C15H28N2O3. The molecule has 0 aromatic rings. The van der Waals surface area contributed by atoms with Gasteiger partial charge < -0.3 is 15.7 Å². The molecule has 0 radical (unpaired) electrons. The van der Waals surface area contributed by atoms with Crippen LogP contribution >= 0.6 is 0 Å². The summed E-state index contributed by atoms with van der Waals surface area (Å²) in [6, 6.07) is -0.0559. The van der Waals surface area contributed by atoms with Crippen molar-refractivity contribution in [2.45, 2.75) is 64.8 Å². The number of carboxylic acids is 1. The van der Waals surface area contributed by atoms with E-state index >= 15 is 0 Å². The third-order valence-electron chi connectivity index (χ3n) is 3.99. The normalized spacial score (nSPS) is 20.2. The van der Waals surface area contributed by atoms with Crippen LogP contribution in [0.5, 0.6) is 0 Å². The molecule has 1 aliphatic heterocycles. The van der Waals surface area contributed by atoms with Crippen molar-refractivity contribution in [2.75, 3.05) is 13.1 Å². The molecule has 116 valence electrons. The highest BCUT2D eigenvalue weighted by atomic mass is 16.4. The van der Waals surface area contributed by atoms with E-state index in [4.69, 9.17) is 5.11 Å². The Morgan fingerprint density at radius 3 is 2.70 bits per heavy atom. The van der Waals surface area contributed by atoms with Gasteiger partial charge in [0.25, 0.3) is 0 Å². The SMILES string of the molecule is CC(C)(CCNC(=O)C1CCCCCN1)CCC(=O)O. The first kappa shape index (κ1) is 17.0. The molecule has 1 heterocycles. The summed E-state index contributed by atoms with van der Waals surface area (Å²) in [7, 11) is 0. The fourth-order valence-electron chi connectivity index (χ4n) is 2.47. The number of hydrogen-bond donors (Lipinski definition) is 3. The number of nitrogens with one attached hydrogen (secondary N) is 2. The zero-order valence-corrected chi connectivity index (χ0v) is 12.7. The van der Waals surface area contributed by atoms with Gasteiger partial charge in [0.2, 0.25) is 5.91 Å². The zero-order chi connectivity index (χ0) is 15.0. The maximum Gasteiger partial charge on any atom is 0.303 e. The summed E-state index contributed by atoms with van der Waals surface area (Å²) in [5.41, 5.74) is -0.0530. The molecule has 1 unspecified atom stereocenters. The Balaban J connectivity index is 2.24. The van der Waals surface area contributed by atoms with E-state index in [0.717, 1.165) is 32.2 Å². The van der Waals surface area contributed by atoms with Crippen molar-refractivity contribution in [1.29, 1.82) is 0 Å². The summed E-state index contributed by atoms with van der Waals surface area (Å²) in [5.74, 6) is -0.675. The molecule has 0 aromatic heterocycles. The second kappa shape index (κ2) is 8.25. The van der Waals surface area contributed by atoms with Crippen molar-refractivity contribution in [3.05, 3.63) is 0 Å². The Labute approximate surface area is 121 Å². The van der Waals surface area contributed by atoms with Gasteiger partial charge in [-0.2, -0.15) is 0 Å². The second-order valence-corrected chi connectivity index (χ2v) is 6.46. The summed E-state index contributed by atoms with van der Waals surface area (Å²) in [6.45, 7) is 5.63. The van der Waals surface area contributed by atoms with Crippen molar-refractivity contribution in [3.8, 4) is 0 Å². The summed E-state index contributed by atoms with van der Waals surface area (Å²) in [4.78, 5) is 22.6. The number of hydrogen-bond acceptors (Lipinski definition) is 3. The molecule has 0 saturated carbocycles. The number of aliphatic carboxylic acids is 1. The fourth-order valence-corrected chi connectivity index (χ4v) is 2.47. The molecule has 1 fully saturated rings. The molecule has 0 bridgehead atoms. The maximum absolute atomic E-state index is 12.0. The lowest BCUT2D eigenvalue weighted by Gasteiger charge is -2.24. The standard InChI is InChI=1S/C15H28N2O3/c1-15(2,8-7-13(18)19)9-11-17-14(20)12-6-4-3-5-10-16-12/h12,16H,3-11H2,1-2H3,(H,17,20)(H,18,19). The third-order valence-corrected chi connectivity index (χ3v) is 3.99. The average molecular weight is 284 g/mol. The molecule has 1 aliphatic rings. The molecule has 1 amide bonds. The number of carbonyl (C=O) groups is 2. The van der Waals surface area contributed by atoms with Crippen LogP contribution in [0.3, 0.4) is 0 Å². The Kier molecular flexibility index (Phi) is 6.99. The monoisotopic (exact) mass is 284 g/mol. The summed E-state index contributed by atoms with van der Waals surface area (Å²) in [6.07, 6.45) is 5.98. The van der Waals surface area contributed by atoms with E-state index in [1.54, 1.807) is 0 Å². The first-order valence-corrected chi connectivity index (χ1v) is 7.64. The highest BCUT2D eigenvalue weighted by Crippen LogP contribution is 2.26. The number of carboxylic acid groups (broad SMARTS) is 1. The topological polar surface area (TPSA) is 78.4 Å². The van der Waals surface area contributed by atoms with Crippen LogP contribution in [0.4, 0.5) is 0 Å². The first-order valence-electron chi connectivity index (χ1n) is 7.64. The Morgan fingerprint density at radius 1 is 1.25 bits per heavy atom. The predicted molar refractivity (Wildman–Crippen MR) is 78.5 cm³/mol. The van der Waals surface area contributed by atoms with E-state index in [-0.39, 0.29) is 23.8 Å². The van der Waals surface area contributed by atoms with E-state index in [1.165, 1.54) is 6.42 Å². The van der Waals surface area contributed by atoms with E-state index in [0.29, 0.717) is 13.0 Å². The van der Waals surface area contributed by atoms with E-state index in [9.17, 15) is 9.59 Å². The number of amides is 1. The van der Waals surface area contributed by atoms with E-state index < -0.39 is 5.97 Å². The Hall–Kier alpha value is -1.10. The molecule has 1 atom stereocenters. The minimum absolute atomic E-state index is 0.0530. The van der Waals surface area contributed by atoms with Gasteiger partial charge in [0.05, 0.1) is 6.04 Å². The quantitative estimate of drug-likeness (QED) is 0.667. The van der Waals surface area contributed by atoms with Crippen LogP contribution in [-0.2, 0) is 9.59 Å². The smallest absolute Gasteiger partial charge is 0.303 e. The fraction of sp³-hybridized carbons (Fsp3) is 0.867. The van der Waals surface area contributed by atoms with Gasteiger partial charge in [-0.3, -0.25) is 9.59 Å². The van der Waals surface area contributed by atoms with Crippen LogP contribution in [0.15, 0.2) is 0 Å². The molecule has 3 N–H and O–H groups in total. The third kappa shape index (κ3) is 6.89. The molecule has 0 aromatic carbocycles. The molecule has 20 heavy (non-hydrogen) atoms. The van der Waals surface area contributed by atoms with Crippen LogP contribution in [0.25, 0.3) is 0 Å². The van der Waals surface area contributed by atoms with E-state index in [1.807, 2.05) is 13.8 Å².